The maximum absolute atomic E-state index is 9.42. The minimum Gasteiger partial charge on any atom is -0.421 e. The Hall–Kier alpha value is -2.05. The van der Waals surface area contributed by atoms with E-state index in [2.05, 4.69) is 46.9 Å². The highest BCUT2D eigenvalue weighted by molar-refractivity contribution is 5.50. The molecule has 31 heavy (non-hydrogen) atoms. The fraction of sp³-hybridized carbons (Fsp3) is 0.640. The first kappa shape index (κ1) is 22.2. The lowest BCUT2D eigenvalue weighted by Gasteiger charge is -2.40. The first-order chi connectivity index (χ1) is 15.0. The second-order valence-corrected chi connectivity index (χ2v) is 9.78. The van der Waals surface area contributed by atoms with Crippen LogP contribution in [0.5, 0.6) is 0 Å². The first-order valence-corrected chi connectivity index (χ1v) is 11.8. The van der Waals surface area contributed by atoms with Crippen LogP contribution in [0.25, 0.3) is 11.5 Å². The molecule has 0 amide bonds. The van der Waals surface area contributed by atoms with E-state index in [-0.39, 0.29) is 0 Å². The molecule has 1 saturated heterocycles. The third kappa shape index (κ3) is 5.42. The largest absolute Gasteiger partial charge is 0.421 e. The van der Waals surface area contributed by atoms with E-state index in [4.69, 9.17) is 4.42 Å². The number of aromatic nitrogens is 3. The smallest absolute Gasteiger partial charge is 0.247 e. The fourth-order valence-corrected chi connectivity index (χ4v) is 5.29. The van der Waals surface area contributed by atoms with Crippen LogP contribution in [0.3, 0.4) is 0 Å². The molecule has 6 heteroatoms. The molecule has 0 radical (unpaired) electrons. The summed E-state index contributed by atoms with van der Waals surface area (Å²) < 4.78 is 5.98. The Bertz CT molecular complexity index is 855. The molecule has 3 heterocycles. The Labute approximate surface area is 185 Å². The van der Waals surface area contributed by atoms with Crippen molar-refractivity contribution in [3.8, 4) is 11.5 Å². The Morgan fingerprint density at radius 2 is 1.90 bits per heavy atom. The van der Waals surface area contributed by atoms with E-state index in [0.29, 0.717) is 42.1 Å². The number of rotatable bonds is 7. The van der Waals surface area contributed by atoms with Crippen molar-refractivity contribution in [3.05, 3.63) is 42.1 Å². The molecule has 0 aromatic carbocycles. The van der Waals surface area contributed by atoms with E-state index in [1.807, 2.05) is 12.1 Å². The lowest BCUT2D eigenvalue weighted by Crippen LogP contribution is -2.41. The highest BCUT2D eigenvalue weighted by Crippen LogP contribution is 2.39. The standard InChI is InChI=1S/C25H36N4O2/c1-17(2)23-13-21(14-24-27-28-25(31-24)20-4-8-26-9-5-20)18(3)12-22(23)15-29-10-6-19(16-30)7-11-29/h4-5,8-9,12,17,19,21-23,30H,6-7,10-11,13-16H2,1-3H3. The summed E-state index contributed by atoms with van der Waals surface area (Å²) in [6.07, 6.45) is 10.2. The molecule has 1 fully saturated rings. The third-order valence-electron chi connectivity index (χ3n) is 7.33. The summed E-state index contributed by atoms with van der Waals surface area (Å²) in [5.41, 5.74) is 2.37. The number of piperidine rings is 1. The van der Waals surface area contributed by atoms with Gasteiger partial charge >= 0.3 is 0 Å². The van der Waals surface area contributed by atoms with Crippen molar-refractivity contribution in [1.82, 2.24) is 20.1 Å². The van der Waals surface area contributed by atoms with Crippen LogP contribution < -0.4 is 0 Å². The van der Waals surface area contributed by atoms with Crippen molar-refractivity contribution in [3.63, 3.8) is 0 Å². The Morgan fingerprint density at radius 3 is 2.58 bits per heavy atom. The van der Waals surface area contributed by atoms with Crippen LogP contribution in [-0.4, -0.2) is 51.4 Å². The van der Waals surface area contributed by atoms with Crippen LogP contribution in [0.1, 0.15) is 45.9 Å². The zero-order valence-electron chi connectivity index (χ0n) is 19.1. The minimum atomic E-state index is 0.338. The normalized spacial score (nSPS) is 25.7. The van der Waals surface area contributed by atoms with Gasteiger partial charge in [-0.05, 0) is 81.0 Å². The van der Waals surface area contributed by atoms with Crippen molar-refractivity contribution < 1.29 is 9.52 Å². The van der Waals surface area contributed by atoms with Crippen LogP contribution in [0, 0.1) is 29.6 Å². The molecule has 6 nitrogen and oxygen atoms in total. The predicted octanol–water partition coefficient (Wildman–Crippen LogP) is 4.23. The number of allylic oxidation sites excluding steroid dienone is 1. The zero-order valence-corrected chi connectivity index (χ0v) is 19.1. The third-order valence-corrected chi connectivity index (χ3v) is 7.33. The highest BCUT2D eigenvalue weighted by atomic mass is 16.4. The molecule has 0 spiro atoms. The van der Waals surface area contributed by atoms with E-state index < -0.39 is 0 Å². The van der Waals surface area contributed by atoms with Crippen LogP contribution in [0.4, 0.5) is 0 Å². The fourth-order valence-electron chi connectivity index (χ4n) is 5.29. The van der Waals surface area contributed by atoms with E-state index in [1.165, 1.54) is 12.0 Å². The van der Waals surface area contributed by atoms with E-state index in [0.717, 1.165) is 50.4 Å². The predicted molar refractivity (Wildman–Crippen MR) is 121 cm³/mol. The van der Waals surface area contributed by atoms with Gasteiger partial charge in [-0.3, -0.25) is 4.98 Å². The number of aliphatic hydroxyl groups excluding tert-OH is 1. The molecule has 3 atom stereocenters. The van der Waals surface area contributed by atoms with Crippen molar-refractivity contribution in [2.45, 2.75) is 46.5 Å². The SMILES string of the molecule is CC1=CC(CN2CCC(CO)CC2)C(C(C)C)CC1Cc1nnc(-c2ccncc2)o1. The van der Waals surface area contributed by atoms with Gasteiger partial charge in [0.25, 0.3) is 0 Å². The monoisotopic (exact) mass is 424 g/mol. The maximum Gasteiger partial charge on any atom is 0.247 e. The summed E-state index contributed by atoms with van der Waals surface area (Å²) in [4.78, 5) is 6.66. The van der Waals surface area contributed by atoms with Crippen LogP contribution in [0.15, 0.2) is 40.6 Å². The van der Waals surface area contributed by atoms with Gasteiger partial charge in [0.2, 0.25) is 11.8 Å². The second kappa shape index (κ2) is 10.0. The van der Waals surface area contributed by atoms with Gasteiger partial charge in [0.1, 0.15) is 0 Å². The zero-order chi connectivity index (χ0) is 21.8. The summed E-state index contributed by atoms with van der Waals surface area (Å²) in [6, 6.07) is 3.79. The molecule has 0 bridgehead atoms. The number of likely N-dealkylation sites (tertiary alicyclic amines) is 1. The number of hydrogen-bond acceptors (Lipinski definition) is 6. The summed E-state index contributed by atoms with van der Waals surface area (Å²) in [5, 5.41) is 18.0. The van der Waals surface area contributed by atoms with E-state index in [1.54, 1.807) is 12.4 Å². The van der Waals surface area contributed by atoms with Gasteiger partial charge in [-0.15, -0.1) is 10.2 Å². The van der Waals surface area contributed by atoms with Gasteiger partial charge in [-0.25, -0.2) is 0 Å². The molecule has 2 aliphatic rings. The average Bonchev–Trinajstić information content (AvgIpc) is 3.25. The van der Waals surface area contributed by atoms with Crippen LogP contribution in [0.2, 0.25) is 0 Å². The van der Waals surface area contributed by atoms with Gasteiger partial charge in [0, 0.05) is 37.5 Å². The van der Waals surface area contributed by atoms with Crippen molar-refractivity contribution in [2.75, 3.05) is 26.2 Å². The van der Waals surface area contributed by atoms with Gasteiger partial charge in [-0.2, -0.15) is 0 Å². The highest BCUT2D eigenvalue weighted by Gasteiger charge is 2.34. The number of hydrogen-bond donors (Lipinski definition) is 1. The molecule has 2 aromatic rings. The van der Waals surface area contributed by atoms with Gasteiger partial charge in [-0.1, -0.05) is 25.5 Å². The second-order valence-electron chi connectivity index (χ2n) is 9.78. The summed E-state index contributed by atoms with van der Waals surface area (Å²) in [7, 11) is 0. The molecule has 4 rings (SSSR count). The summed E-state index contributed by atoms with van der Waals surface area (Å²) in [5.74, 6) is 4.13. The average molecular weight is 425 g/mol. The topological polar surface area (TPSA) is 75.3 Å². The van der Waals surface area contributed by atoms with Gasteiger partial charge < -0.3 is 14.4 Å². The number of pyridine rings is 1. The van der Waals surface area contributed by atoms with Crippen molar-refractivity contribution in [1.29, 1.82) is 0 Å². The number of aliphatic hydroxyl groups is 1. The van der Waals surface area contributed by atoms with E-state index in [9.17, 15) is 5.11 Å². The van der Waals surface area contributed by atoms with Gasteiger partial charge in [0.15, 0.2) is 0 Å². The maximum atomic E-state index is 9.42. The molecule has 1 aliphatic heterocycles. The molecular weight excluding hydrogens is 388 g/mol. The van der Waals surface area contributed by atoms with Crippen LogP contribution >= 0.6 is 0 Å². The molecule has 2 aromatic heterocycles. The summed E-state index contributed by atoms with van der Waals surface area (Å²) >= 11 is 0. The Balaban J connectivity index is 1.42. The minimum absolute atomic E-state index is 0.338. The Kier molecular flexibility index (Phi) is 7.18. The molecule has 3 unspecified atom stereocenters. The lowest BCUT2D eigenvalue weighted by molar-refractivity contribution is 0.103. The molecule has 1 N–H and O–H groups in total. The molecule has 1 aliphatic carbocycles. The van der Waals surface area contributed by atoms with Gasteiger partial charge in [0.05, 0.1) is 0 Å². The quantitative estimate of drug-likeness (QED) is 0.670. The Morgan fingerprint density at radius 1 is 1.16 bits per heavy atom. The lowest BCUT2D eigenvalue weighted by atomic mass is 9.69. The number of nitrogens with zero attached hydrogens (tertiary/aromatic N) is 4. The summed E-state index contributed by atoms with van der Waals surface area (Å²) in [6.45, 7) is 10.7. The van der Waals surface area contributed by atoms with E-state index >= 15 is 0 Å². The molecule has 168 valence electrons. The van der Waals surface area contributed by atoms with Crippen molar-refractivity contribution >= 4 is 0 Å². The first-order valence-electron chi connectivity index (χ1n) is 11.8. The van der Waals surface area contributed by atoms with Crippen LogP contribution in [-0.2, 0) is 6.42 Å². The molecule has 0 saturated carbocycles. The molecular formula is C25H36N4O2. The van der Waals surface area contributed by atoms with Crippen molar-refractivity contribution in [2.24, 2.45) is 29.6 Å².